The first-order chi connectivity index (χ1) is 9.03. The molecule has 0 saturated carbocycles. The zero-order valence-corrected chi connectivity index (χ0v) is 11.9. The zero-order chi connectivity index (χ0) is 13.9. The maximum Gasteiger partial charge on any atom is 0.339 e. The Morgan fingerprint density at radius 3 is 2.84 bits per heavy atom. The van der Waals surface area contributed by atoms with Gasteiger partial charge in [0.2, 0.25) is 0 Å². The molecule has 0 aromatic heterocycles. The summed E-state index contributed by atoms with van der Waals surface area (Å²) in [5.41, 5.74) is 1.65. The van der Waals surface area contributed by atoms with Crippen LogP contribution in [0.5, 0.6) is 0 Å². The second-order valence-corrected chi connectivity index (χ2v) is 5.59. The van der Waals surface area contributed by atoms with Crippen LogP contribution in [-0.4, -0.2) is 38.3 Å². The number of rotatable bonds is 2. The van der Waals surface area contributed by atoms with E-state index < -0.39 is 0 Å². The molecule has 1 fully saturated rings. The number of anilines is 1. The lowest BCUT2D eigenvalue weighted by Crippen LogP contribution is -2.46. The van der Waals surface area contributed by atoms with Crippen LogP contribution in [0.3, 0.4) is 0 Å². The van der Waals surface area contributed by atoms with Crippen LogP contribution in [0, 0.1) is 0 Å². The summed E-state index contributed by atoms with van der Waals surface area (Å²) in [5.74, 6) is -0.273. The Morgan fingerprint density at radius 2 is 2.11 bits per heavy atom. The van der Waals surface area contributed by atoms with Crippen molar-refractivity contribution in [2.24, 2.45) is 0 Å². The van der Waals surface area contributed by atoms with E-state index in [1.165, 1.54) is 7.11 Å². The Kier molecular flexibility index (Phi) is 4.10. The summed E-state index contributed by atoms with van der Waals surface area (Å²) in [7, 11) is 1.42. The van der Waals surface area contributed by atoms with Crippen LogP contribution in [0.1, 0.15) is 30.6 Å². The molecule has 0 spiro atoms. The fourth-order valence-corrected chi connectivity index (χ4v) is 2.55. The topological polar surface area (TPSA) is 41.6 Å². The lowest BCUT2D eigenvalue weighted by Gasteiger charge is -2.32. The number of nitrogens with zero attached hydrogens (tertiary/aromatic N) is 1. The summed E-state index contributed by atoms with van der Waals surface area (Å²) in [6.45, 7) is 7.20. The minimum Gasteiger partial charge on any atom is -0.465 e. The number of hydrogen-bond acceptors (Lipinski definition) is 4. The van der Waals surface area contributed by atoms with Crippen molar-refractivity contribution < 1.29 is 9.53 Å². The quantitative estimate of drug-likeness (QED) is 0.828. The molecule has 0 radical (unpaired) electrons. The van der Waals surface area contributed by atoms with Gasteiger partial charge in [-0.15, -0.1) is 0 Å². The van der Waals surface area contributed by atoms with Crippen molar-refractivity contribution in [2.45, 2.75) is 25.8 Å². The van der Waals surface area contributed by atoms with Crippen molar-refractivity contribution >= 4 is 11.7 Å². The molecule has 1 heterocycles. The van der Waals surface area contributed by atoms with Crippen molar-refractivity contribution in [3.05, 3.63) is 29.8 Å². The smallest absolute Gasteiger partial charge is 0.339 e. The summed E-state index contributed by atoms with van der Waals surface area (Å²) >= 11 is 0. The Balaban J connectivity index is 2.32. The molecule has 0 atom stereocenters. The van der Waals surface area contributed by atoms with Gasteiger partial charge in [-0.05, 0) is 38.9 Å². The van der Waals surface area contributed by atoms with Gasteiger partial charge in [0.25, 0.3) is 0 Å². The van der Waals surface area contributed by atoms with Crippen molar-refractivity contribution in [3.63, 3.8) is 0 Å². The van der Waals surface area contributed by atoms with E-state index in [2.05, 4.69) is 24.1 Å². The number of benzene rings is 1. The van der Waals surface area contributed by atoms with Crippen LogP contribution in [0.4, 0.5) is 5.69 Å². The Bertz CT molecular complexity index is 457. The van der Waals surface area contributed by atoms with Crippen LogP contribution in [0.2, 0.25) is 0 Å². The number of para-hydroxylation sites is 1. The van der Waals surface area contributed by atoms with Gasteiger partial charge in [-0.25, -0.2) is 4.79 Å². The first kappa shape index (κ1) is 13.9. The van der Waals surface area contributed by atoms with E-state index in [-0.39, 0.29) is 11.5 Å². The highest BCUT2D eigenvalue weighted by molar-refractivity contribution is 5.95. The lowest BCUT2D eigenvalue weighted by molar-refractivity contribution is 0.0601. The van der Waals surface area contributed by atoms with Gasteiger partial charge in [0.05, 0.1) is 18.4 Å². The molecule has 1 aromatic carbocycles. The van der Waals surface area contributed by atoms with Crippen LogP contribution in [0.15, 0.2) is 24.3 Å². The highest BCUT2D eigenvalue weighted by atomic mass is 16.5. The predicted molar refractivity (Wildman–Crippen MR) is 76.7 cm³/mol. The van der Waals surface area contributed by atoms with E-state index in [9.17, 15) is 4.79 Å². The fourth-order valence-electron chi connectivity index (χ4n) is 2.55. The van der Waals surface area contributed by atoms with Gasteiger partial charge >= 0.3 is 5.97 Å². The highest BCUT2D eigenvalue weighted by Crippen LogP contribution is 2.24. The summed E-state index contributed by atoms with van der Waals surface area (Å²) in [6.07, 6.45) is 1.07. The zero-order valence-electron chi connectivity index (χ0n) is 11.9. The standard InChI is InChI=1S/C15H22N2O2/c1-15(2)11-17(10-6-9-16-15)13-8-5-4-7-12(13)14(18)19-3/h4-5,7-8,16H,6,9-11H2,1-3H3. The van der Waals surface area contributed by atoms with E-state index in [0.29, 0.717) is 5.56 Å². The van der Waals surface area contributed by atoms with Gasteiger partial charge in [-0.2, -0.15) is 0 Å². The van der Waals surface area contributed by atoms with Gasteiger partial charge in [0.15, 0.2) is 0 Å². The fraction of sp³-hybridized carbons (Fsp3) is 0.533. The van der Waals surface area contributed by atoms with E-state index >= 15 is 0 Å². The van der Waals surface area contributed by atoms with Crippen molar-refractivity contribution in [1.82, 2.24) is 5.32 Å². The molecule has 1 N–H and O–H groups in total. The molecule has 1 aromatic rings. The molecule has 104 valence electrons. The third-order valence-corrected chi connectivity index (χ3v) is 3.44. The molecule has 4 nitrogen and oxygen atoms in total. The number of methoxy groups -OCH3 is 1. The van der Waals surface area contributed by atoms with Gasteiger partial charge in [0.1, 0.15) is 0 Å². The average molecular weight is 262 g/mol. The Hall–Kier alpha value is -1.55. The number of esters is 1. The number of carbonyl (C=O) groups is 1. The molecule has 0 bridgehead atoms. The summed E-state index contributed by atoms with van der Waals surface area (Å²) in [6, 6.07) is 7.66. The third-order valence-electron chi connectivity index (χ3n) is 3.44. The van der Waals surface area contributed by atoms with Gasteiger partial charge in [0, 0.05) is 18.6 Å². The van der Waals surface area contributed by atoms with Crippen molar-refractivity contribution in [3.8, 4) is 0 Å². The normalized spacial score (nSPS) is 18.8. The molecule has 1 aliphatic heterocycles. The molecular formula is C15H22N2O2. The molecule has 1 aliphatic rings. The first-order valence-corrected chi connectivity index (χ1v) is 6.71. The van der Waals surface area contributed by atoms with Crippen LogP contribution < -0.4 is 10.2 Å². The Labute approximate surface area is 114 Å². The monoisotopic (exact) mass is 262 g/mol. The molecule has 4 heteroatoms. The van der Waals surface area contributed by atoms with Gasteiger partial charge in [-0.3, -0.25) is 0 Å². The molecular weight excluding hydrogens is 240 g/mol. The number of nitrogens with one attached hydrogen (secondary N) is 1. The molecule has 2 rings (SSSR count). The molecule has 0 amide bonds. The molecule has 1 saturated heterocycles. The van der Waals surface area contributed by atoms with E-state index in [4.69, 9.17) is 4.74 Å². The molecule has 0 aliphatic carbocycles. The van der Waals surface area contributed by atoms with Crippen molar-refractivity contribution in [1.29, 1.82) is 0 Å². The SMILES string of the molecule is COC(=O)c1ccccc1N1CCCNC(C)(C)C1. The van der Waals surface area contributed by atoms with Gasteiger partial charge in [-0.1, -0.05) is 12.1 Å². The third kappa shape index (κ3) is 3.26. The minimum atomic E-state index is -0.273. The summed E-state index contributed by atoms with van der Waals surface area (Å²) in [5, 5.41) is 3.53. The van der Waals surface area contributed by atoms with E-state index in [0.717, 1.165) is 31.7 Å². The molecule has 19 heavy (non-hydrogen) atoms. The summed E-state index contributed by atoms with van der Waals surface area (Å²) < 4.78 is 4.87. The van der Waals surface area contributed by atoms with Crippen LogP contribution in [0.25, 0.3) is 0 Å². The predicted octanol–water partition coefficient (Wildman–Crippen LogP) is 2.05. The number of hydrogen-bond donors (Lipinski definition) is 1. The van der Waals surface area contributed by atoms with Crippen LogP contribution in [-0.2, 0) is 4.74 Å². The Morgan fingerprint density at radius 1 is 1.37 bits per heavy atom. The first-order valence-electron chi connectivity index (χ1n) is 6.71. The molecule has 0 unspecified atom stereocenters. The van der Waals surface area contributed by atoms with Crippen molar-refractivity contribution in [2.75, 3.05) is 31.6 Å². The highest BCUT2D eigenvalue weighted by Gasteiger charge is 2.26. The van der Waals surface area contributed by atoms with Gasteiger partial charge < -0.3 is 15.0 Å². The maximum absolute atomic E-state index is 11.9. The number of ether oxygens (including phenoxy) is 1. The second kappa shape index (κ2) is 5.61. The average Bonchev–Trinajstić information content (AvgIpc) is 2.58. The number of carbonyl (C=O) groups excluding carboxylic acids is 1. The minimum absolute atomic E-state index is 0.0414. The maximum atomic E-state index is 11.9. The summed E-state index contributed by atoms with van der Waals surface area (Å²) in [4.78, 5) is 14.1. The van der Waals surface area contributed by atoms with E-state index in [1.54, 1.807) is 0 Å². The lowest BCUT2D eigenvalue weighted by atomic mass is 10.0. The van der Waals surface area contributed by atoms with Crippen LogP contribution >= 0.6 is 0 Å². The largest absolute Gasteiger partial charge is 0.465 e. The second-order valence-electron chi connectivity index (χ2n) is 5.59. The van der Waals surface area contributed by atoms with E-state index in [1.807, 2.05) is 24.3 Å².